The van der Waals surface area contributed by atoms with E-state index >= 15 is 0 Å². The van der Waals surface area contributed by atoms with Crippen molar-refractivity contribution in [3.63, 3.8) is 0 Å². The summed E-state index contributed by atoms with van der Waals surface area (Å²) < 4.78 is 2.01. The van der Waals surface area contributed by atoms with Crippen molar-refractivity contribution in [3.05, 3.63) is 93.6 Å². The lowest BCUT2D eigenvalue weighted by Crippen LogP contribution is -2.31. The topological polar surface area (TPSA) is 66.8 Å². The van der Waals surface area contributed by atoms with Gasteiger partial charge in [-0.25, -0.2) is 4.98 Å². The molecule has 5 rings (SSSR count). The van der Waals surface area contributed by atoms with Crippen molar-refractivity contribution < 1.29 is 4.79 Å². The first kappa shape index (κ1) is 20.8. The molecule has 0 saturated carbocycles. The molecular formula is C24H21Cl2N5O. The number of amides is 1. The summed E-state index contributed by atoms with van der Waals surface area (Å²) in [5.74, 6) is -0.0624. The summed E-state index contributed by atoms with van der Waals surface area (Å²) in [6, 6.07) is 13.4. The van der Waals surface area contributed by atoms with Gasteiger partial charge in [0.2, 0.25) is 0 Å². The van der Waals surface area contributed by atoms with Crippen molar-refractivity contribution >= 4 is 29.1 Å². The summed E-state index contributed by atoms with van der Waals surface area (Å²) in [5.41, 5.74) is 5.22. The van der Waals surface area contributed by atoms with E-state index in [9.17, 15) is 4.79 Å². The number of carbonyl (C=O) groups excluding carboxylic acids is 1. The van der Waals surface area contributed by atoms with Gasteiger partial charge in [0.05, 0.1) is 28.1 Å². The molecule has 1 N–H and O–H groups in total. The number of halogens is 2. The van der Waals surface area contributed by atoms with Crippen LogP contribution in [0.15, 0.2) is 61.2 Å². The number of carbonyl (C=O) groups is 1. The molecule has 0 fully saturated rings. The van der Waals surface area contributed by atoms with E-state index in [4.69, 9.17) is 23.2 Å². The highest BCUT2D eigenvalue weighted by molar-refractivity contribution is 6.42. The number of hydrogen-bond donors (Lipinski definition) is 1. The lowest BCUT2D eigenvalue weighted by molar-refractivity contribution is 0.0739. The van der Waals surface area contributed by atoms with Crippen LogP contribution in [-0.2, 0) is 6.54 Å². The normalized spacial score (nSPS) is 15.4. The second kappa shape index (κ2) is 8.45. The zero-order valence-electron chi connectivity index (χ0n) is 17.4. The SMILES string of the molecule is Cc1ccc(-c2n[nH]c3c2C(c2ccc(Cl)c(Cl)c2)N(CCCn2ccnc2)C3=O)cc1. The molecule has 2 aromatic heterocycles. The molecular weight excluding hydrogens is 445 g/mol. The Hall–Kier alpha value is -3.09. The van der Waals surface area contributed by atoms with Crippen molar-refractivity contribution in [3.8, 4) is 11.3 Å². The molecule has 4 aromatic rings. The van der Waals surface area contributed by atoms with Crippen LogP contribution in [0.25, 0.3) is 11.3 Å². The van der Waals surface area contributed by atoms with E-state index in [1.54, 1.807) is 18.6 Å². The lowest BCUT2D eigenvalue weighted by Gasteiger charge is -2.26. The largest absolute Gasteiger partial charge is 0.337 e. The van der Waals surface area contributed by atoms with Crippen LogP contribution in [0.1, 0.15) is 39.6 Å². The van der Waals surface area contributed by atoms with Crippen LogP contribution in [0, 0.1) is 6.92 Å². The summed E-state index contributed by atoms with van der Waals surface area (Å²) in [6.45, 7) is 3.40. The van der Waals surface area contributed by atoms with Crippen LogP contribution in [0.5, 0.6) is 0 Å². The molecule has 0 bridgehead atoms. The molecule has 0 spiro atoms. The Morgan fingerprint density at radius 1 is 1.06 bits per heavy atom. The summed E-state index contributed by atoms with van der Waals surface area (Å²) in [7, 11) is 0. The quantitative estimate of drug-likeness (QED) is 0.407. The maximum Gasteiger partial charge on any atom is 0.273 e. The number of aryl methyl sites for hydroxylation is 2. The third-order valence-corrected chi connectivity index (χ3v) is 6.56. The van der Waals surface area contributed by atoms with Gasteiger partial charge in [-0.3, -0.25) is 9.89 Å². The van der Waals surface area contributed by atoms with Gasteiger partial charge < -0.3 is 9.47 Å². The highest BCUT2D eigenvalue weighted by atomic mass is 35.5. The second-order valence-corrected chi connectivity index (χ2v) is 8.77. The average Bonchev–Trinajstić information content (AvgIpc) is 3.50. The number of aromatic amines is 1. The highest BCUT2D eigenvalue weighted by Gasteiger charge is 2.42. The molecule has 1 amide bonds. The Labute approximate surface area is 195 Å². The zero-order valence-corrected chi connectivity index (χ0v) is 18.9. The summed E-state index contributed by atoms with van der Waals surface area (Å²) in [5, 5.41) is 8.45. The van der Waals surface area contributed by atoms with E-state index in [1.165, 1.54) is 5.56 Å². The number of rotatable bonds is 6. The molecule has 6 nitrogen and oxygen atoms in total. The average molecular weight is 466 g/mol. The maximum atomic E-state index is 13.4. The number of imidazole rings is 1. The molecule has 1 aliphatic rings. The highest BCUT2D eigenvalue weighted by Crippen LogP contribution is 2.43. The minimum atomic E-state index is -0.301. The van der Waals surface area contributed by atoms with Crippen LogP contribution in [0.2, 0.25) is 10.0 Å². The molecule has 3 heterocycles. The number of H-pyrrole nitrogens is 1. The van der Waals surface area contributed by atoms with Gasteiger partial charge in [0.15, 0.2) is 0 Å². The van der Waals surface area contributed by atoms with Gasteiger partial charge in [0.1, 0.15) is 5.69 Å². The predicted molar refractivity (Wildman–Crippen MR) is 125 cm³/mol. The third-order valence-electron chi connectivity index (χ3n) is 5.82. The first-order chi connectivity index (χ1) is 15.5. The van der Waals surface area contributed by atoms with Crippen LogP contribution in [0.4, 0.5) is 0 Å². The molecule has 0 radical (unpaired) electrons. The first-order valence-corrected chi connectivity index (χ1v) is 11.2. The summed E-state index contributed by atoms with van der Waals surface area (Å²) >= 11 is 12.5. The Balaban J connectivity index is 1.55. The molecule has 2 aromatic carbocycles. The van der Waals surface area contributed by atoms with E-state index < -0.39 is 0 Å². The van der Waals surface area contributed by atoms with Crippen molar-refractivity contribution in [1.29, 1.82) is 0 Å². The zero-order chi connectivity index (χ0) is 22.2. The van der Waals surface area contributed by atoms with Gasteiger partial charge in [0.25, 0.3) is 5.91 Å². The van der Waals surface area contributed by atoms with Gasteiger partial charge in [-0.2, -0.15) is 5.10 Å². The molecule has 1 atom stereocenters. The molecule has 1 aliphatic heterocycles. The predicted octanol–water partition coefficient (Wildman–Crippen LogP) is 5.52. The Bertz CT molecular complexity index is 1260. The minimum Gasteiger partial charge on any atom is -0.337 e. The molecule has 8 heteroatoms. The van der Waals surface area contributed by atoms with Crippen LogP contribution >= 0.6 is 23.2 Å². The van der Waals surface area contributed by atoms with Crippen molar-refractivity contribution in [2.75, 3.05) is 6.54 Å². The van der Waals surface area contributed by atoms with Crippen LogP contribution in [0.3, 0.4) is 0 Å². The fraction of sp³-hybridized carbons (Fsp3) is 0.208. The number of benzene rings is 2. The number of fused-ring (bicyclic) bond motifs is 1. The number of hydrogen-bond acceptors (Lipinski definition) is 3. The molecule has 1 unspecified atom stereocenters. The first-order valence-electron chi connectivity index (χ1n) is 10.4. The van der Waals surface area contributed by atoms with Crippen LogP contribution < -0.4 is 0 Å². The molecule has 0 aliphatic carbocycles. The summed E-state index contributed by atoms with van der Waals surface area (Å²) in [4.78, 5) is 19.4. The third kappa shape index (κ3) is 3.70. The smallest absolute Gasteiger partial charge is 0.273 e. The van der Waals surface area contributed by atoms with Gasteiger partial charge in [-0.05, 0) is 31.0 Å². The standard InChI is InChI=1S/C24H21Cl2N5O/c1-15-3-5-16(6-4-15)21-20-22(29-28-21)24(32)31(11-2-10-30-12-9-27-14-30)23(20)17-7-8-18(25)19(26)13-17/h3-9,12-14,23H,2,10-11H2,1H3,(H,28,29). The minimum absolute atomic E-state index is 0.0624. The van der Waals surface area contributed by atoms with E-state index in [-0.39, 0.29) is 11.9 Å². The van der Waals surface area contributed by atoms with Crippen molar-refractivity contribution in [2.24, 2.45) is 0 Å². The van der Waals surface area contributed by atoms with Gasteiger partial charge in [-0.15, -0.1) is 0 Å². The van der Waals surface area contributed by atoms with Crippen LogP contribution in [-0.4, -0.2) is 37.1 Å². The Morgan fingerprint density at radius 2 is 1.88 bits per heavy atom. The maximum absolute atomic E-state index is 13.4. The van der Waals surface area contributed by atoms with Gasteiger partial charge >= 0.3 is 0 Å². The van der Waals surface area contributed by atoms with E-state index in [0.717, 1.165) is 35.3 Å². The van der Waals surface area contributed by atoms with Crippen molar-refractivity contribution in [2.45, 2.75) is 25.9 Å². The van der Waals surface area contributed by atoms with E-state index in [0.29, 0.717) is 22.3 Å². The van der Waals surface area contributed by atoms with E-state index in [1.807, 2.05) is 59.0 Å². The number of nitrogens with zero attached hydrogens (tertiary/aromatic N) is 4. The molecule has 0 saturated heterocycles. The Morgan fingerprint density at radius 3 is 2.59 bits per heavy atom. The molecule has 162 valence electrons. The van der Waals surface area contributed by atoms with Gasteiger partial charge in [-0.1, -0.05) is 59.1 Å². The van der Waals surface area contributed by atoms with Gasteiger partial charge in [0, 0.05) is 36.6 Å². The number of nitrogens with one attached hydrogen (secondary N) is 1. The fourth-order valence-electron chi connectivity index (χ4n) is 4.23. The number of aromatic nitrogens is 4. The van der Waals surface area contributed by atoms with E-state index in [2.05, 4.69) is 15.2 Å². The Kier molecular flexibility index (Phi) is 5.49. The van der Waals surface area contributed by atoms with Crippen molar-refractivity contribution in [1.82, 2.24) is 24.6 Å². The second-order valence-electron chi connectivity index (χ2n) is 7.96. The summed E-state index contributed by atoms with van der Waals surface area (Å²) in [6.07, 6.45) is 6.25. The lowest BCUT2D eigenvalue weighted by atomic mass is 9.95. The molecule has 32 heavy (non-hydrogen) atoms. The fourth-order valence-corrected chi connectivity index (χ4v) is 4.54. The monoisotopic (exact) mass is 465 g/mol.